The first-order valence-corrected chi connectivity index (χ1v) is 10.7. The van der Waals surface area contributed by atoms with Gasteiger partial charge in [0.05, 0.1) is 11.8 Å². The van der Waals surface area contributed by atoms with Crippen molar-refractivity contribution in [2.24, 2.45) is 11.0 Å². The van der Waals surface area contributed by atoms with Crippen LogP contribution in [0.2, 0.25) is 0 Å². The summed E-state index contributed by atoms with van der Waals surface area (Å²) < 4.78 is 13.4. The van der Waals surface area contributed by atoms with Crippen molar-refractivity contribution >= 4 is 17.7 Å². The molecular formula is C27H23FN2O. The summed E-state index contributed by atoms with van der Waals surface area (Å²) in [6.07, 6.45) is 5.19. The highest BCUT2D eigenvalue weighted by molar-refractivity contribution is 6.09. The van der Waals surface area contributed by atoms with E-state index in [0.29, 0.717) is 5.56 Å². The van der Waals surface area contributed by atoms with Crippen LogP contribution in [0.5, 0.6) is 0 Å². The molecule has 1 aliphatic heterocycles. The fraction of sp³-hybridized carbons (Fsp3) is 0.185. The second kappa shape index (κ2) is 8.31. The molecule has 4 heteroatoms. The third kappa shape index (κ3) is 3.81. The Morgan fingerprint density at radius 1 is 0.935 bits per heavy atom. The Kier molecular flexibility index (Phi) is 5.21. The van der Waals surface area contributed by atoms with Crippen LogP contribution < -0.4 is 0 Å². The molecule has 3 aromatic rings. The molecule has 5 rings (SSSR count). The van der Waals surface area contributed by atoms with Gasteiger partial charge in [-0.2, -0.15) is 5.10 Å². The average Bonchev–Trinajstić information content (AvgIpc) is 3.21. The normalized spacial score (nSPS) is 21.6. The fourth-order valence-corrected chi connectivity index (χ4v) is 4.63. The van der Waals surface area contributed by atoms with Crippen LogP contribution >= 0.6 is 0 Å². The monoisotopic (exact) mass is 410 g/mol. The Hall–Kier alpha value is -3.53. The highest BCUT2D eigenvalue weighted by atomic mass is 19.1. The summed E-state index contributed by atoms with van der Waals surface area (Å²) in [6.45, 7) is 0. The van der Waals surface area contributed by atoms with E-state index in [9.17, 15) is 9.18 Å². The lowest BCUT2D eigenvalue weighted by Gasteiger charge is -2.29. The summed E-state index contributed by atoms with van der Waals surface area (Å²) in [7, 11) is 0. The highest BCUT2D eigenvalue weighted by Gasteiger charge is 2.43. The quantitative estimate of drug-likeness (QED) is 0.501. The molecule has 2 aliphatic rings. The van der Waals surface area contributed by atoms with Gasteiger partial charge in [0.2, 0.25) is 0 Å². The van der Waals surface area contributed by atoms with Gasteiger partial charge in [0.15, 0.2) is 0 Å². The van der Waals surface area contributed by atoms with E-state index in [0.717, 1.165) is 36.1 Å². The van der Waals surface area contributed by atoms with Crippen molar-refractivity contribution in [1.82, 2.24) is 5.01 Å². The summed E-state index contributed by atoms with van der Waals surface area (Å²) in [4.78, 5) is 13.4. The van der Waals surface area contributed by atoms with E-state index in [1.54, 1.807) is 5.01 Å². The lowest BCUT2D eigenvalue weighted by molar-refractivity contribution is 0.0681. The predicted molar refractivity (Wildman–Crippen MR) is 121 cm³/mol. The van der Waals surface area contributed by atoms with E-state index in [-0.39, 0.29) is 23.7 Å². The number of fused-ring (bicyclic) bond motifs is 1. The number of benzene rings is 3. The van der Waals surface area contributed by atoms with Gasteiger partial charge >= 0.3 is 0 Å². The number of carbonyl (C=O) groups is 1. The zero-order valence-corrected chi connectivity index (χ0v) is 17.1. The third-order valence-corrected chi connectivity index (χ3v) is 6.08. The van der Waals surface area contributed by atoms with E-state index < -0.39 is 0 Å². The molecule has 1 heterocycles. The van der Waals surface area contributed by atoms with Gasteiger partial charge in [-0.1, -0.05) is 60.7 Å². The molecule has 31 heavy (non-hydrogen) atoms. The molecule has 0 N–H and O–H groups in total. The maximum absolute atomic E-state index is 13.4. The number of rotatable bonds is 3. The van der Waals surface area contributed by atoms with Gasteiger partial charge in [-0.25, -0.2) is 9.40 Å². The molecule has 0 unspecified atom stereocenters. The van der Waals surface area contributed by atoms with E-state index in [1.807, 2.05) is 36.4 Å². The molecule has 3 aromatic carbocycles. The maximum atomic E-state index is 13.4. The van der Waals surface area contributed by atoms with Crippen molar-refractivity contribution in [1.29, 1.82) is 0 Å². The predicted octanol–water partition coefficient (Wildman–Crippen LogP) is 6.26. The summed E-state index contributed by atoms with van der Waals surface area (Å²) >= 11 is 0. The van der Waals surface area contributed by atoms with Crippen molar-refractivity contribution < 1.29 is 9.18 Å². The molecule has 1 saturated carbocycles. The second-order valence-corrected chi connectivity index (χ2v) is 8.08. The van der Waals surface area contributed by atoms with E-state index in [1.165, 1.54) is 29.8 Å². The van der Waals surface area contributed by atoms with Crippen molar-refractivity contribution in [2.75, 3.05) is 0 Å². The Morgan fingerprint density at radius 2 is 1.61 bits per heavy atom. The zero-order valence-electron chi connectivity index (χ0n) is 17.1. The Morgan fingerprint density at radius 3 is 2.32 bits per heavy atom. The second-order valence-electron chi connectivity index (χ2n) is 8.08. The van der Waals surface area contributed by atoms with Gasteiger partial charge in [-0.15, -0.1) is 0 Å². The number of carbonyl (C=O) groups excluding carboxylic acids is 1. The largest absolute Gasteiger partial charge is 0.274 e. The van der Waals surface area contributed by atoms with Crippen LogP contribution in [0.4, 0.5) is 4.39 Å². The van der Waals surface area contributed by atoms with Crippen molar-refractivity contribution in [3.05, 3.63) is 113 Å². The minimum atomic E-state index is -0.356. The molecule has 154 valence electrons. The number of hydrogen-bond acceptors (Lipinski definition) is 2. The van der Waals surface area contributed by atoms with Crippen molar-refractivity contribution in [2.45, 2.75) is 25.3 Å². The molecule has 3 nitrogen and oxygen atoms in total. The minimum absolute atomic E-state index is 0.149. The van der Waals surface area contributed by atoms with Crippen LogP contribution in [0.25, 0.3) is 6.08 Å². The summed E-state index contributed by atoms with van der Waals surface area (Å²) in [5.74, 6) is -0.407. The van der Waals surface area contributed by atoms with Gasteiger partial charge in [0.1, 0.15) is 5.82 Å². The number of allylic oxidation sites excluding steroid dienone is 1. The summed E-state index contributed by atoms with van der Waals surface area (Å²) in [5.41, 5.74) is 4.85. The Labute approximate surface area is 181 Å². The minimum Gasteiger partial charge on any atom is -0.267 e. The van der Waals surface area contributed by atoms with E-state index in [4.69, 9.17) is 5.10 Å². The van der Waals surface area contributed by atoms with Crippen LogP contribution in [0.3, 0.4) is 0 Å². The smallest absolute Gasteiger partial charge is 0.267 e. The molecule has 0 saturated heterocycles. The zero-order chi connectivity index (χ0) is 21.2. The first-order chi connectivity index (χ1) is 15.2. The van der Waals surface area contributed by atoms with Crippen LogP contribution in [0.15, 0.2) is 95.6 Å². The molecule has 2 atom stereocenters. The SMILES string of the molecule is O=C(c1ccc(F)cc1)N1N=C2/C(=C\c3ccccc3)CCC[C@@H]2[C@H]1c1ccccc1. The summed E-state index contributed by atoms with van der Waals surface area (Å²) in [6, 6.07) is 25.9. The Bertz CT molecular complexity index is 1140. The topological polar surface area (TPSA) is 32.7 Å². The molecule has 1 aliphatic carbocycles. The molecule has 0 radical (unpaired) electrons. The lowest BCUT2D eigenvalue weighted by atomic mass is 9.77. The van der Waals surface area contributed by atoms with Gasteiger partial charge in [-0.05, 0) is 66.3 Å². The van der Waals surface area contributed by atoms with E-state index >= 15 is 0 Å². The molecule has 0 aromatic heterocycles. The Balaban J connectivity index is 1.57. The van der Waals surface area contributed by atoms with Gasteiger partial charge in [-0.3, -0.25) is 4.79 Å². The van der Waals surface area contributed by atoms with Gasteiger partial charge in [0.25, 0.3) is 5.91 Å². The lowest BCUT2D eigenvalue weighted by Crippen LogP contribution is -2.31. The van der Waals surface area contributed by atoms with Crippen molar-refractivity contribution in [3.8, 4) is 0 Å². The van der Waals surface area contributed by atoms with Crippen molar-refractivity contribution in [3.63, 3.8) is 0 Å². The molecular weight excluding hydrogens is 387 g/mol. The fourth-order valence-electron chi connectivity index (χ4n) is 4.63. The molecule has 1 fully saturated rings. The van der Waals surface area contributed by atoms with Crippen LogP contribution in [-0.2, 0) is 0 Å². The third-order valence-electron chi connectivity index (χ3n) is 6.08. The van der Waals surface area contributed by atoms with Crippen LogP contribution in [0.1, 0.15) is 46.8 Å². The van der Waals surface area contributed by atoms with Gasteiger partial charge in [0, 0.05) is 11.5 Å². The summed E-state index contributed by atoms with van der Waals surface area (Å²) in [5, 5.41) is 6.50. The molecule has 0 bridgehead atoms. The number of hydrazone groups is 1. The first kappa shape index (κ1) is 19.4. The number of nitrogens with zero attached hydrogens (tertiary/aromatic N) is 2. The molecule has 1 amide bonds. The standard InChI is InChI=1S/C27H23FN2O/c28-23-16-14-21(15-17-23)27(31)30-26(20-10-5-2-6-11-20)24-13-7-12-22(25(24)29-30)18-19-8-3-1-4-9-19/h1-6,8-11,14-18,24,26H,7,12-13H2/b22-18-/t24-,26+/m0/s1. The number of hydrogen-bond donors (Lipinski definition) is 0. The highest BCUT2D eigenvalue weighted by Crippen LogP contribution is 2.44. The van der Waals surface area contributed by atoms with E-state index in [2.05, 4.69) is 30.3 Å². The first-order valence-electron chi connectivity index (χ1n) is 10.7. The number of halogens is 1. The van der Waals surface area contributed by atoms with Gasteiger partial charge < -0.3 is 0 Å². The van der Waals surface area contributed by atoms with Crippen LogP contribution in [0, 0.1) is 11.7 Å². The van der Waals surface area contributed by atoms with Crippen LogP contribution in [-0.4, -0.2) is 16.6 Å². The maximum Gasteiger partial charge on any atom is 0.274 e. The average molecular weight is 410 g/mol. The molecule has 0 spiro atoms. The number of amides is 1.